The molecule has 0 fully saturated rings. The first-order chi connectivity index (χ1) is 10.1. The molecule has 0 saturated carbocycles. The van der Waals surface area contributed by atoms with Gasteiger partial charge in [0.1, 0.15) is 0 Å². The van der Waals surface area contributed by atoms with E-state index >= 15 is 0 Å². The summed E-state index contributed by atoms with van der Waals surface area (Å²) in [5.74, 6) is -1.41. The first-order valence-electron chi connectivity index (χ1n) is 6.87. The Morgan fingerprint density at radius 1 is 1.18 bits per heavy atom. The zero-order valence-electron chi connectivity index (χ0n) is 13.2. The lowest BCUT2D eigenvalue weighted by molar-refractivity contribution is -0.125. The molecule has 1 amide bonds. The van der Waals surface area contributed by atoms with Crippen LogP contribution in [-0.4, -0.2) is 38.2 Å². The highest BCUT2D eigenvalue weighted by Crippen LogP contribution is 2.18. The van der Waals surface area contributed by atoms with Crippen LogP contribution in [-0.2, 0) is 19.4 Å². The van der Waals surface area contributed by atoms with Gasteiger partial charge in [0, 0.05) is 5.54 Å². The monoisotopic (exact) mass is 327 g/mol. The van der Waals surface area contributed by atoms with Crippen molar-refractivity contribution in [2.75, 3.05) is 12.4 Å². The van der Waals surface area contributed by atoms with Gasteiger partial charge in [-0.25, -0.2) is 13.2 Å². The molecule has 0 saturated heterocycles. The third-order valence-electron chi connectivity index (χ3n) is 2.67. The first-order valence-corrected chi connectivity index (χ1v) is 8.52. The molecule has 0 spiro atoms. The first kappa shape index (κ1) is 18.2. The molecule has 0 radical (unpaired) electrons. The Morgan fingerprint density at radius 3 is 2.32 bits per heavy atom. The van der Waals surface area contributed by atoms with Crippen molar-refractivity contribution in [3.63, 3.8) is 0 Å². The van der Waals surface area contributed by atoms with Gasteiger partial charge in [0.25, 0.3) is 5.91 Å². The number of benzene rings is 1. The molecule has 1 aromatic rings. The zero-order valence-corrected chi connectivity index (χ0v) is 14.0. The third kappa shape index (κ3) is 5.14. The Labute approximate surface area is 130 Å². The van der Waals surface area contributed by atoms with E-state index in [4.69, 9.17) is 4.74 Å². The summed E-state index contributed by atoms with van der Waals surface area (Å²) in [6.07, 6.45) is 0. The number of esters is 1. The van der Waals surface area contributed by atoms with E-state index in [1.165, 1.54) is 25.1 Å². The van der Waals surface area contributed by atoms with Crippen molar-refractivity contribution in [3.8, 4) is 0 Å². The minimum atomic E-state index is -3.54. The molecular formula is C15H21NO5S. The number of sulfone groups is 1. The number of carbonyl (C=O) groups is 2. The highest BCUT2D eigenvalue weighted by molar-refractivity contribution is 7.91. The second-order valence-electron chi connectivity index (χ2n) is 5.77. The average molecular weight is 327 g/mol. The SMILES string of the molecule is CCS(=O)(=O)c1ccccc1C(=O)OCC(=O)NC(C)(C)C. The number of ether oxygens (including phenoxy) is 1. The van der Waals surface area contributed by atoms with Crippen molar-refractivity contribution in [1.82, 2.24) is 5.32 Å². The standard InChI is InChI=1S/C15H21NO5S/c1-5-22(19,20)12-9-7-6-8-11(12)14(18)21-10-13(17)16-15(2,3)4/h6-9H,5,10H2,1-4H3,(H,16,17). The maximum atomic E-state index is 12.0. The lowest BCUT2D eigenvalue weighted by Gasteiger charge is -2.20. The van der Waals surface area contributed by atoms with Gasteiger partial charge in [-0.2, -0.15) is 0 Å². The molecule has 122 valence electrons. The van der Waals surface area contributed by atoms with Crippen molar-refractivity contribution in [3.05, 3.63) is 29.8 Å². The highest BCUT2D eigenvalue weighted by atomic mass is 32.2. The van der Waals surface area contributed by atoms with Crippen LogP contribution < -0.4 is 5.32 Å². The van der Waals surface area contributed by atoms with E-state index in [1.807, 2.05) is 0 Å². The summed E-state index contributed by atoms with van der Waals surface area (Å²) < 4.78 is 28.8. The topological polar surface area (TPSA) is 89.5 Å². The van der Waals surface area contributed by atoms with Crippen LogP contribution in [0.3, 0.4) is 0 Å². The van der Waals surface area contributed by atoms with Crippen LogP contribution in [0.5, 0.6) is 0 Å². The van der Waals surface area contributed by atoms with E-state index < -0.39 is 33.9 Å². The van der Waals surface area contributed by atoms with Crippen molar-refractivity contribution in [2.24, 2.45) is 0 Å². The van der Waals surface area contributed by atoms with Crippen molar-refractivity contribution < 1.29 is 22.7 Å². The maximum Gasteiger partial charge on any atom is 0.339 e. The fourth-order valence-corrected chi connectivity index (χ4v) is 2.81. The van der Waals surface area contributed by atoms with E-state index in [1.54, 1.807) is 26.8 Å². The van der Waals surface area contributed by atoms with E-state index in [9.17, 15) is 18.0 Å². The molecule has 0 aromatic heterocycles. The Balaban J connectivity index is 2.86. The van der Waals surface area contributed by atoms with Gasteiger partial charge in [0.2, 0.25) is 0 Å². The third-order valence-corrected chi connectivity index (χ3v) is 4.46. The lowest BCUT2D eigenvalue weighted by Crippen LogP contribution is -2.42. The minimum absolute atomic E-state index is 0.0621. The summed E-state index contributed by atoms with van der Waals surface area (Å²) in [6.45, 7) is 6.44. The second kappa shape index (κ2) is 6.91. The molecule has 0 bridgehead atoms. The average Bonchev–Trinajstić information content (AvgIpc) is 2.43. The molecule has 0 atom stereocenters. The lowest BCUT2D eigenvalue weighted by atomic mass is 10.1. The highest BCUT2D eigenvalue weighted by Gasteiger charge is 2.22. The normalized spacial score (nSPS) is 11.8. The number of hydrogen-bond acceptors (Lipinski definition) is 5. The minimum Gasteiger partial charge on any atom is -0.452 e. The number of hydrogen-bond donors (Lipinski definition) is 1. The smallest absolute Gasteiger partial charge is 0.339 e. The van der Waals surface area contributed by atoms with Gasteiger partial charge in [-0.1, -0.05) is 19.1 Å². The molecule has 0 heterocycles. The van der Waals surface area contributed by atoms with Gasteiger partial charge in [-0.15, -0.1) is 0 Å². The largest absolute Gasteiger partial charge is 0.452 e. The molecule has 1 rings (SSSR count). The quantitative estimate of drug-likeness (QED) is 0.829. The summed E-state index contributed by atoms with van der Waals surface area (Å²) in [5.41, 5.74) is -0.500. The molecule has 0 aliphatic rings. The van der Waals surface area contributed by atoms with E-state index in [2.05, 4.69) is 5.32 Å². The van der Waals surface area contributed by atoms with E-state index in [-0.39, 0.29) is 16.2 Å². The van der Waals surface area contributed by atoms with Crippen LogP contribution in [0.1, 0.15) is 38.1 Å². The van der Waals surface area contributed by atoms with Gasteiger partial charge in [-0.3, -0.25) is 4.79 Å². The van der Waals surface area contributed by atoms with Crippen molar-refractivity contribution >= 4 is 21.7 Å². The maximum absolute atomic E-state index is 12.0. The molecule has 22 heavy (non-hydrogen) atoms. The van der Waals surface area contributed by atoms with Crippen molar-refractivity contribution in [2.45, 2.75) is 38.1 Å². The number of rotatable bonds is 5. The number of nitrogens with one attached hydrogen (secondary N) is 1. The van der Waals surface area contributed by atoms with Crippen molar-refractivity contribution in [1.29, 1.82) is 0 Å². The van der Waals surface area contributed by atoms with Gasteiger partial charge >= 0.3 is 5.97 Å². The molecular weight excluding hydrogens is 306 g/mol. The number of carbonyl (C=O) groups excluding carboxylic acids is 2. The van der Waals surface area contributed by atoms with Crippen LogP contribution >= 0.6 is 0 Å². The van der Waals surface area contributed by atoms with Crippen LogP contribution in [0.25, 0.3) is 0 Å². The zero-order chi connectivity index (χ0) is 17.0. The van der Waals surface area contributed by atoms with Gasteiger partial charge < -0.3 is 10.1 Å². The molecule has 0 aliphatic carbocycles. The summed E-state index contributed by atoms with van der Waals surface area (Å²) in [6, 6.07) is 5.79. The Kier molecular flexibility index (Phi) is 5.71. The molecule has 0 aliphatic heterocycles. The molecule has 7 heteroatoms. The van der Waals surface area contributed by atoms with Crippen LogP contribution in [0, 0.1) is 0 Å². The fourth-order valence-electron chi connectivity index (χ4n) is 1.73. The Morgan fingerprint density at radius 2 is 1.77 bits per heavy atom. The van der Waals surface area contributed by atoms with Gasteiger partial charge in [0.15, 0.2) is 16.4 Å². The van der Waals surface area contributed by atoms with Crippen LogP contribution in [0.15, 0.2) is 29.2 Å². The summed E-state index contributed by atoms with van der Waals surface area (Å²) in [5, 5.41) is 2.65. The molecule has 0 unspecified atom stereocenters. The predicted octanol–water partition coefficient (Wildman–Crippen LogP) is 1.55. The van der Waals surface area contributed by atoms with Gasteiger partial charge in [-0.05, 0) is 32.9 Å². The van der Waals surface area contributed by atoms with Crippen LogP contribution in [0.4, 0.5) is 0 Å². The Hall–Kier alpha value is -1.89. The molecule has 1 aromatic carbocycles. The fraction of sp³-hybridized carbons (Fsp3) is 0.467. The second-order valence-corrected chi connectivity index (χ2v) is 8.02. The molecule has 1 N–H and O–H groups in total. The Bertz CT molecular complexity index is 659. The van der Waals surface area contributed by atoms with Crippen LogP contribution in [0.2, 0.25) is 0 Å². The van der Waals surface area contributed by atoms with E-state index in [0.29, 0.717) is 0 Å². The summed E-state index contributed by atoms with van der Waals surface area (Å²) >= 11 is 0. The summed E-state index contributed by atoms with van der Waals surface area (Å²) in [4.78, 5) is 23.6. The molecule has 6 nitrogen and oxygen atoms in total. The summed E-state index contributed by atoms with van der Waals surface area (Å²) in [7, 11) is -3.54. The van der Waals surface area contributed by atoms with E-state index in [0.717, 1.165) is 0 Å². The van der Waals surface area contributed by atoms with Gasteiger partial charge in [0.05, 0.1) is 16.2 Å². The number of amides is 1. The predicted molar refractivity (Wildman–Crippen MR) is 82.3 cm³/mol.